The Bertz CT molecular complexity index is 508. The van der Waals surface area contributed by atoms with Gasteiger partial charge in [0.2, 0.25) is 5.91 Å². The summed E-state index contributed by atoms with van der Waals surface area (Å²) in [6.07, 6.45) is -2.69. The lowest BCUT2D eigenvalue weighted by molar-refractivity contribution is -0.142. The van der Waals surface area contributed by atoms with Crippen LogP contribution in [0.3, 0.4) is 0 Å². The number of halogens is 4. The van der Waals surface area contributed by atoms with Gasteiger partial charge in [0.1, 0.15) is 6.04 Å². The van der Waals surface area contributed by atoms with Crippen molar-refractivity contribution in [2.45, 2.75) is 44.9 Å². The van der Waals surface area contributed by atoms with Gasteiger partial charge in [-0.25, -0.2) is 0 Å². The van der Waals surface area contributed by atoms with E-state index in [1.165, 1.54) is 13.8 Å². The number of carbonyl (C=O) groups excluding carboxylic acids is 1. The van der Waals surface area contributed by atoms with Crippen molar-refractivity contribution in [2.24, 2.45) is 0 Å². The summed E-state index contributed by atoms with van der Waals surface area (Å²) in [7, 11) is 0. The SMILES string of the molecule is Cc1c(Br)c(C(F)(F)F)nn1[C@@H](C)C(=O)NC1CC1. The molecule has 1 aromatic heterocycles. The van der Waals surface area contributed by atoms with Crippen molar-refractivity contribution in [2.75, 3.05) is 0 Å². The van der Waals surface area contributed by atoms with Crippen LogP contribution >= 0.6 is 15.9 Å². The maximum absolute atomic E-state index is 12.7. The minimum absolute atomic E-state index is 0.119. The van der Waals surface area contributed by atoms with Gasteiger partial charge in [0.15, 0.2) is 5.69 Å². The number of nitrogens with one attached hydrogen (secondary N) is 1. The fraction of sp³-hybridized carbons (Fsp3) is 0.636. The molecule has 2 rings (SSSR count). The second-order valence-electron chi connectivity index (χ2n) is 4.65. The molecule has 1 saturated carbocycles. The molecule has 1 fully saturated rings. The molecule has 1 aromatic rings. The molecule has 0 saturated heterocycles. The standard InChI is InChI=1S/C11H13BrF3N3O/c1-5-8(12)9(11(13,14)15)17-18(5)6(2)10(19)16-7-3-4-7/h6-7H,3-4H2,1-2H3,(H,16,19)/t6-/m0/s1. The first-order chi connectivity index (χ1) is 8.71. The van der Waals surface area contributed by atoms with Crippen LogP contribution in [0.2, 0.25) is 0 Å². The lowest BCUT2D eigenvalue weighted by atomic mass is 10.3. The number of hydrogen-bond donors (Lipinski definition) is 1. The lowest BCUT2D eigenvalue weighted by Crippen LogP contribution is -2.33. The number of carbonyl (C=O) groups is 1. The van der Waals surface area contributed by atoms with Gasteiger partial charge in [-0.3, -0.25) is 9.48 Å². The van der Waals surface area contributed by atoms with E-state index >= 15 is 0 Å². The third-order valence-corrected chi connectivity index (χ3v) is 3.96. The quantitative estimate of drug-likeness (QED) is 0.920. The molecule has 1 heterocycles. The Morgan fingerprint density at radius 2 is 2.11 bits per heavy atom. The molecule has 0 aromatic carbocycles. The van der Waals surface area contributed by atoms with Crippen molar-refractivity contribution < 1.29 is 18.0 Å². The summed E-state index contributed by atoms with van der Waals surface area (Å²) in [5, 5.41) is 6.26. The van der Waals surface area contributed by atoms with Crippen LogP contribution in [0.25, 0.3) is 0 Å². The molecule has 106 valence electrons. The number of aromatic nitrogens is 2. The predicted molar refractivity (Wildman–Crippen MR) is 65.5 cm³/mol. The molecular weight excluding hydrogens is 327 g/mol. The zero-order valence-electron chi connectivity index (χ0n) is 10.4. The van der Waals surface area contributed by atoms with E-state index in [0.29, 0.717) is 0 Å². The van der Waals surface area contributed by atoms with E-state index in [1.807, 2.05) is 0 Å². The Balaban J connectivity index is 2.26. The zero-order chi connectivity index (χ0) is 14.4. The lowest BCUT2D eigenvalue weighted by Gasteiger charge is -2.14. The van der Waals surface area contributed by atoms with Gasteiger partial charge in [0.05, 0.1) is 10.2 Å². The summed E-state index contributed by atoms with van der Waals surface area (Å²) in [6, 6.07) is -0.607. The van der Waals surface area contributed by atoms with Crippen molar-refractivity contribution in [3.8, 4) is 0 Å². The highest BCUT2D eigenvalue weighted by Gasteiger charge is 2.39. The van der Waals surface area contributed by atoms with Crippen LogP contribution in [0.1, 0.15) is 37.2 Å². The summed E-state index contributed by atoms with van der Waals surface area (Å²) in [5.74, 6) is -0.311. The molecule has 1 amide bonds. The van der Waals surface area contributed by atoms with E-state index < -0.39 is 17.9 Å². The van der Waals surface area contributed by atoms with E-state index in [1.54, 1.807) is 0 Å². The van der Waals surface area contributed by atoms with E-state index in [2.05, 4.69) is 26.3 Å². The normalized spacial score (nSPS) is 17.4. The first-order valence-electron chi connectivity index (χ1n) is 5.84. The summed E-state index contributed by atoms with van der Waals surface area (Å²) in [4.78, 5) is 11.8. The number of amides is 1. The van der Waals surface area contributed by atoms with E-state index in [9.17, 15) is 18.0 Å². The van der Waals surface area contributed by atoms with E-state index in [-0.39, 0.29) is 22.1 Å². The van der Waals surface area contributed by atoms with Crippen molar-refractivity contribution in [1.82, 2.24) is 15.1 Å². The maximum Gasteiger partial charge on any atom is 0.436 e. The van der Waals surface area contributed by atoms with Crippen molar-refractivity contribution in [1.29, 1.82) is 0 Å². The Morgan fingerprint density at radius 1 is 1.53 bits per heavy atom. The summed E-state index contributed by atoms with van der Waals surface area (Å²) in [6.45, 7) is 3.03. The number of alkyl halides is 3. The molecule has 1 aliphatic rings. The van der Waals surface area contributed by atoms with Crippen molar-refractivity contribution in [3.63, 3.8) is 0 Å². The minimum atomic E-state index is -4.54. The second-order valence-corrected chi connectivity index (χ2v) is 5.44. The molecule has 19 heavy (non-hydrogen) atoms. The first-order valence-corrected chi connectivity index (χ1v) is 6.63. The van der Waals surface area contributed by atoms with Crippen LogP contribution in [0, 0.1) is 6.92 Å². The largest absolute Gasteiger partial charge is 0.436 e. The van der Waals surface area contributed by atoms with Gasteiger partial charge in [-0.05, 0) is 42.6 Å². The molecule has 0 bridgehead atoms. The number of hydrogen-bond acceptors (Lipinski definition) is 2. The first kappa shape index (κ1) is 14.4. The van der Waals surface area contributed by atoms with Gasteiger partial charge >= 0.3 is 6.18 Å². The molecule has 1 N–H and O–H groups in total. The summed E-state index contributed by atoms with van der Waals surface area (Å²) < 4.78 is 39.1. The van der Waals surface area contributed by atoms with Crippen molar-refractivity contribution >= 4 is 21.8 Å². The molecular formula is C11H13BrF3N3O. The maximum atomic E-state index is 12.7. The molecule has 0 unspecified atom stereocenters. The smallest absolute Gasteiger partial charge is 0.352 e. The minimum Gasteiger partial charge on any atom is -0.352 e. The highest BCUT2D eigenvalue weighted by molar-refractivity contribution is 9.10. The van der Waals surface area contributed by atoms with Gasteiger partial charge in [-0.1, -0.05) is 0 Å². The van der Waals surface area contributed by atoms with Gasteiger partial charge in [-0.2, -0.15) is 18.3 Å². The second kappa shape index (κ2) is 4.81. The highest BCUT2D eigenvalue weighted by atomic mass is 79.9. The molecule has 0 spiro atoms. The van der Waals surface area contributed by atoms with Crippen LogP contribution in [-0.4, -0.2) is 21.7 Å². The Labute approximate surface area is 116 Å². The van der Waals surface area contributed by atoms with Crippen LogP contribution in [-0.2, 0) is 11.0 Å². The van der Waals surface area contributed by atoms with Gasteiger partial charge in [0.25, 0.3) is 0 Å². The fourth-order valence-electron chi connectivity index (χ4n) is 1.72. The molecule has 4 nitrogen and oxygen atoms in total. The van der Waals surface area contributed by atoms with Crippen LogP contribution < -0.4 is 5.32 Å². The number of nitrogens with zero attached hydrogens (tertiary/aromatic N) is 2. The molecule has 1 aliphatic carbocycles. The molecule has 0 radical (unpaired) electrons. The Morgan fingerprint density at radius 3 is 2.53 bits per heavy atom. The van der Waals surface area contributed by atoms with Gasteiger partial charge < -0.3 is 5.32 Å². The van der Waals surface area contributed by atoms with E-state index in [0.717, 1.165) is 17.5 Å². The van der Waals surface area contributed by atoms with E-state index in [4.69, 9.17) is 0 Å². The topological polar surface area (TPSA) is 46.9 Å². The monoisotopic (exact) mass is 339 g/mol. The Hall–Kier alpha value is -1.05. The Kier molecular flexibility index (Phi) is 3.63. The third kappa shape index (κ3) is 2.93. The zero-order valence-corrected chi connectivity index (χ0v) is 12.0. The average Bonchev–Trinajstić information content (AvgIpc) is 3.05. The fourth-order valence-corrected chi connectivity index (χ4v) is 2.20. The number of rotatable bonds is 3. The van der Waals surface area contributed by atoms with Crippen LogP contribution in [0.15, 0.2) is 4.47 Å². The average molecular weight is 340 g/mol. The molecule has 0 aliphatic heterocycles. The molecule has 1 atom stereocenters. The van der Waals surface area contributed by atoms with Gasteiger partial charge in [-0.15, -0.1) is 0 Å². The van der Waals surface area contributed by atoms with Crippen LogP contribution in [0.4, 0.5) is 13.2 Å². The van der Waals surface area contributed by atoms with Crippen molar-refractivity contribution in [3.05, 3.63) is 15.9 Å². The van der Waals surface area contributed by atoms with Crippen LogP contribution in [0.5, 0.6) is 0 Å². The molecule has 8 heteroatoms. The highest BCUT2D eigenvalue weighted by Crippen LogP contribution is 2.36. The van der Waals surface area contributed by atoms with Gasteiger partial charge in [0, 0.05) is 6.04 Å². The summed E-state index contributed by atoms with van der Waals surface area (Å²) in [5.41, 5.74) is -0.721. The summed E-state index contributed by atoms with van der Waals surface area (Å²) >= 11 is 2.88. The third-order valence-electron chi connectivity index (χ3n) is 3.02. The predicted octanol–water partition coefficient (Wildman–Crippen LogP) is 2.81.